The molecule has 0 unspecified atom stereocenters. The molecule has 1 aliphatic rings. The maximum Gasteiger partial charge on any atom is 0.387 e. The predicted molar refractivity (Wildman–Crippen MR) is 180 cm³/mol. The van der Waals surface area contributed by atoms with Crippen LogP contribution in [0.15, 0.2) is 66.9 Å². The summed E-state index contributed by atoms with van der Waals surface area (Å²) in [5.41, 5.74) is 2.07. The molecule has 0 bridgehead atoms. The Morgan fingerprint density at radius 1 is 0.902 bits per heavy atom. The van der Waals surface area contributed by atoms with Crippen LogP contribution in [0.3, 0.4) is 0 Å². The van der Waals surface area contributed by atoms with Crippen molar-refractivity contribution in [1.29, 1.82) is 0 Å². The number of halogens is 5. The first-order valence-corrected chi connectivity index (χ1v) is 16.0. The van der Waals surface area contributed by atoms with E-state index in [1.54, 1.807) is 18.2 Å². The second kappa shape index (κ2) is 14.4. The van der Waals surface area contributed by atoms with Crippen molar-refractivity contribution >= 4 is 28.4 Å². The largest absolute Gasteiger partial charge is 0.439 e. The Kier molecular flexibility index (Phi) is 9.97. The van der Waals surface area contributed by atoms with Crippen LogP contribution in [0.5, 0.6) is 17.4 Å². The van der Waals surface area contributed by atoms with Crippen molar-refractivity contribution < 1.29 is 41.0 Å². The Hall–Kier alpha value is -5.50. The van der Waals surface area contributed by atoms with Gasteiger partial charge >= 0.3 is 6.61 Å². The lowest BCUT2D eigenvalue weighted by Gasteiger charge is -2.34. The van der Waals surface area contributed by atoms with Gasteiger partial charge in [-0.05, 0) is 61.9 Å². The lowest BCUT2D eigenvalue weighted by Crippen LogP contribution is -2.48. The predicted octanol–water partition coefficient (Wildman–Crippen LogP) is 7.24. The third kappa shape index (κ3) is 7.22. The average molecular weight is 708 g/mol. The minimum Gasteiger partial charge on any atom is -0.439 e. The van der Waals surface area contributed by atoms with Gasteiger partial charge in [-0.1, -0.05) is 12.1 Å². The van der Waals surface area contributed by atoms with Gasteiger partial charge < -0.3 is 23.8 Å². The molecule has 3 aromatic carbocycles. The molecule has 0 spiro atoms. The second-order valence-electron chi connectivity index (χ2n) is 12.3. The van der Waals surface area contributed by atoms with Crippen LogP contribution in [0.2, 0.25) is 0 Å². The van der Waals surface area contributed by atoms with Gasteiger partial charge in [-0.15, -0.1) is 0 Å². The van der Waals surface area contributed by atoms with Crippen LogP contribution < -0.4 is 14.4 Å². The highest BCUT2D eigenvalue weighted by atomic mass is 19.3. The van der Waals surface area contributed by atoms with Crippen molar-refractivity contribution in [1.82, 2.24) is 19.4 Å². The molecule has 0 atom stereocenters. The van der Waals surface area contributed by atoms with Gasteiger partial charge in [0.1, 0.15) is 23.0 Å². The summed E-state index contributed by atoms with van der Waals surface area (Å²) in [7, 11) is 3.16. The summed E-state index contributed by atoms with van der Waals surface area (Å²) in [6.07, 6.45) is 1.32. The van der Waals surface area contributed by atoms with Crippen LogP contribution in [0.4, 0.5) is 27.6 Å². The van der Waals surface area contributed by atoms with E-state index in [1.807, 2.05) is 35.6 Å². The van der Waals surface area contributed by atoms with E-state index in [0.29, 0.717) is 50.2 Å². The van der Waals surface area contributed by atoms with Crippen LogP contribution in [0.1, 0.15) is 37.5 Å². The second-order valence-corrected chi connectivity index (χ2v) is 12.3. The number of pyridine rings is 1. The molecule has 1 saturated heterocycles. The van der Waals surface area contributed by atoms with Gasteiger partial charge in [0.25, 0.3) is 11.8 Å². The van der Waals surface area contributed by atoms with E-state index in [0.717, 1.165) is 33.9 Å². The van der Waals surface area contributed by atoms with Gasteiger partial charge in [-0.3, -0.25) is 14.5 Å². The van der Waals surface area contributed by atoms with E-state index < -0.39 is 41.1 Å². The first-order chi connectivity index (χ1) is 24.3. The number of alkyl halides is 2. The van der Waals surface area contributed by atoms with Gasteiger partial charge in [0.15, 0.2) is 11.6 Å². The van der Waals surface area contributed by atoms with Gasteiger partial charge in [-0.25, -0.2) is 18.2 Å². The Balaban J connectivity index is 1.10. The van der Waals surface area contributed by atoms with E-state index >= 15 is 0 Å². The summed E-state index contributed by atoms with van der Waals surface area (Å²) in [6.45, 7) is 3.05. The van der Waals surface area contributed by atoms with Crippen LogP contribution in [0, 0.1) is 31.3 Å². The fourth-order valence-electron chi connectivity index (χ4n) is 6.04. The zero-order valence-corrected chi connectivity index (χ0v) is 28.2. The maximum atomic E-state index is 14.4. The van der Waals surface area contributed by atoms with Crippen molar-refractivity contribution in [2.75, 3.05) is 38.1 Å². The molecule has 0 N–H and O–H groups in total. The van der Waals surface area contributed by atoms with Crippen LogP contribution in [-0.4, -0.2) is 71.0 Å². The quantitative estimate of drug-likeness (QED) is 0.119. The summed E-state index contributed by atoms with van der Waals surface area (Å²) in [4.78, 5) is 35.8. The van der Waals surface area contributed by atoms with Gasteiger partial charge in [0.05, 0.1) is 17.4 Å². The number of carbonyl (C=O) groups is 2. The SMILES string of the molecule is Cc1c(F)cc(C(=O)N(C)c2ccc(Oc3ccc4c(cc(C(=O)N5CCN(Cc6ccc(OC(F)F)cc6)CC5)n4C)c3C)nc2)c(F)c1F. The van der Waals surface area contributed by atoms with Crippen molar-refractivity contribution in [2.45, 2.75) is 27.0 Å². The molecule has 9 nitrogen and oxygen atoms in total. The highest BCUT2D eigenvalue weighted by Gasteiger charge is 2.26. The van der Waals surface area contributed by atoms with Gasteiger partial charge in [0.2, 0.25) is 5.88 Å². The van der Waals surface area contributed by atoms with E-state index in [2.05, 4.69) is 14.6 Å². The number of piperazine rings is 1. The molecule has 51 heavy (non-hydrogen) atoms. The Bertz CT molecular complexity index is 2100. The molecule has 1 fully saturated rings. The highest BCUT2D eigenvalue weighted by molar-refractivity contribution is 6.06. The molecule has 1 aliphatic heterocycles. The summed E-state index contributed by atoms with van der Waals surface area (Å²) < 4.78 is 79.7. The van der Waals surface area contributed by atoms with Crippen molar-refractivity contribution in [2.24, 2.45) is 7.05 Å². The smallest absolute Gasteiger partial charge is 0.387 e. The number of carbonyl (C=O) groups excluding carboxylic acids is 2. The monoisotopic (exact) mass is 707 g/mol. The number of benzene rings is 3. The van der Waals surface area contributed by atoms with Crippen LogP contribution in [0.25, 0.3) is 10.9 Å². The number of hydrogen-bond donors (Lipinski definition) is 0. The number of aryl methyl sites for hydroxylation is 2. The number of hydrogen-bond acceptors (Lipinski definition) is 6. The topological polar surface area (TPSA) is 80.1 Å². The number of rotatable bonds is 9. The number of anilines is 1. The molecular weight excluding hydrogens is 673 g/mol. The molecule has 0 saturated carbocycles. The Morgan fingerprint density at radius 3 is 2.25 bits per heavy atom. The number of fused-ring (bicyclic) bond motifs is 1. The zero-order valence-electron chi connectivity index (χ0n) is 28.2. The fourth-order valence-corrected chi connectivity index (χ4v) is 6.04. The normalized spacial score (nSPS) is 13.6. The molecule has 266 valence electrons. The number of ether oxygens (including phenoxy) is 2. The average Bonchev–Trinajstić information content (AvgIpc) is 3.47. The first-order valence-electron chi connectivity index (χ1n) is 16.0. The summed E-state index contributed by atoms with van der Waals surface area (Å²) in [6, 6.07) is 15.7. The number of aromatic nitrogens is 2. The Morgan fingerprint density at radius 2 is 1.61 bits per heavy atom. The van der Waals surface area contributed by atoms with E-state index in [-0.39, 0.29) is 23.2 Å². The maximum absolute atomic E-state index is 14.4. The third-order valence-corrected chi connectivity index (χ3v) is 9.12. The summed E-state index contributed by atoms with van der Waals surface area (Å²) in [5.74, 6) is -4.13. The standard InChI is InChI=1S/C37H34F5N5O4/c1-21-26-18-30(36(49)47-15-13-46(14-16-47)20-23-5-8-25(9-6-23)50-37(41)42)45(4)29(26)10-11-31(21)51-32-12-7-24(19-43-32)44(3)35(48)27-17-28(38)22(2)33(39)34(27)40/h5-12,17-19,37H,13-16,20H2,1-4H3. The van der Waals surface area contributed by atoms with E-state index in [9.17, 15) is 31.5 Å². The van der Waals surface area contributed by atoms with Crippen molar-refractivity contribution in [3.05, 3.63) is 112 Å². The molecule has 3 heterocycles. The summed E-state index contributed by atoms with van der Waals surface area (Å²) in [5, 5.41) is 0.817. The van der Waals surface area contributed by atoms with Crippen molar-refractivity contribution in [3.8, 4) is 17.4 Å². The lowest BCUT2D eigenvalue weighted by molar-refractivity contribution is -0.0498. The summed E-state index contributed by atoms with van der Waals surface area (Å²) >= 11 is 0. The molecule has 0 aliphatic carbocycles. The van der Waals surface area contributed by atoms with Gasteiger partial charge in [0, 0.05) is 74.9 Å². The van der Waals surface area contributed by atoms with E-state index in [4.69, 9.17) is 4.74 Å². The molecule has 5 aromatic rings. The van der Waals surface area contributed by atoms with Crippen molar-refractivity contribution in [3.63, 3.8) is 0 Å². The number of amides is 2. The molecule has 0 radical (unpaired) electrons. The third-order valence-electron chi connectivity index (χ3n) is 9.12. The molecule has 14 heteroatoms. The molecule has 6 rings (SSSR count). The lowest BCUT2D eigenvalue weighted by atomic mass is 10.1. The van der Waals surface area contributed by atoms with Crippen LogP contribution >= 0.6 is 0 Å². The molecule has 2 amide bonds. The van der Waals surface area contributed by atoms with Crippen LogP contribution in [-0.2, 0) is 13.6 Å². The zero-order chi connectivity index (χ0) is 36.6. The first kappa shape index (κ1) is 35.3. The molecular formula is C37H34F5N5O4. The number of nitrogens with zero attached hydrogens (tertiary/aromatic N) is 5. The van der Waals surface area contributed by atoms with Gasteiger partial charge in [-0.2, -0.15) is 8.78 Å². The fraction of sp³-hybridized carbons (Fsp3) is 0.270. The minimum atomic E-state index is -2.87. The van der Waals surface area contributed by atoms with E-state index in [1.165, 1.54) is 37.5 Å². The Labute approximate surface area is 290 Å². The highest BCUT2D eigenvalue weighted by Crippen LogP contribution is 2.33. The molecule has 2 aromatic heterocycles. The minimum absolute atomic E-state index is 0.101.